The lowest BCUT2D eigenvalue weighted by molar-refractivity contribution is 0.648. The topological polar surface area (TPSA) is 87.9 Å². The second-order valence-corrected chi connectivity index (χ2v) is 7.35. The molecular weight excluding hydrogens is 360 g/mol. The monoisotopic (exact) mass is 382 g/mol. The number of aromatic nitrogens is 1. The van der Waals surface area contributed by atoms with Crippen molar-refractivity contribution >= 4 is 28.9 Å². The number of pyridine rings is 1. The predicted molar refractivity (Wildman–Crippen MR) is 117 cm³/mol. The lowest BCUT2D eigenvalue weighted by Gasteiger charge is -2.25. The van der Waals surface area contributed by atoms with Crippen LogP contribution < -0.4 is 15.5 Å². The molecule has 144 valence electrons. The molecule has 0 radical (unpaired) electrons. The van der Waals surface area contributed by atoms with Gasteiger partial charge in [-0.2, -0.15) is 0 Å². The summed E-state index contributed by atoms with van der Waals surface area (Å²) < 4.78 is 0. The lowest BCUT2D eigenvalue weighted by Crippen LogP contribution is -2.36. The van der Waals surface area contributed by atoms with E-state index in [4.69, 9.17) is 10.8 Å². The fraction of sp³-hybridized carbons (Fsp3) is 0.174. The third-order valence-electron chi connectivity index (χ3n) is 5.56. The first-order chi connectivity index (χ1) is 14.2. The van der Waals surface area contributed by atoms with Gasteiger partial charge in [-0.05, 0) is 49.2 Å². The van der Waals surface area contributed by atoms with Crippen LogP contribution in [0.15, 0.2) is 66.9 Å². The van der Waals surface area contributed by atoms with Crippen LogP contribution in [0.4, 0.5) is 17.2 Å². The summed E-state index contributed by atoms with van der Waals surface area (Å²) >= 11 is 0. The summed E-state index contributed by atoms with van der Waals surface area (Å²) in [5, 5.41) is 24.6. The highest BCUT2D eigenvalue weighted by Gasteiger charge is 2.28. The van der Waals surface area contributed by atoms with Crippen LogP contribution in [0.25, 0.3) is 0 Å². The second-order valence-electron chi connectivity index (χ2n) is 7.35. The number of benzene rings is 2. The highest BCUT2D eigenvalue weighted by Crippen LogP contribution is 2.35. The largest absolute Gasteiger partial charge is 0.338 e. The number of nitrogens with zero attached hydrogens (tertiary/aromatic N) is 2. The molecule has 0 bridgehead atoms. The van der Waals surface area contributed by atoms with Gasteiger partial charge in [-0.25, -0.2) is 4.98 Å². The molecule has 0 spiro atoms. The summed E-state index contributed by atoms with van der Waals surface area (Å²) in [6, 6.07) is 19.9. The molecule has 2 aromatic carbocycles. The van der Waals surface area contributed by atoms with Gasteiger partial charge < -0.3 is 10.6 Å². The van der Waals surface area contributed by atoms with E-state index >= 15 is 0 Å². The van der Waals surface area contributed by atoms with E-state index in [9.17, 15) is 0 Å². The molecule has 0 aliphatic carbocycles. The number of hydrogen-bond acceptors (Lipinski definition) is 5. The van der Waals surface area contributed by atoms with E-state index in [1.54, 1.807) is 11.1 Å². The quantitative estimate of drug-likeness (QED) is 0.390. The van der Waals surface area contributed by atoms with Crippen LogP contribution in [0.5, 0.6) is 0 Å². The SMILES string of the molecule is N=C(c1ccc(C2CCCN2)cc1)N1C(=N)c2ccccc2Nc2ncccc21. The first-order valence-electron chi connectivity index (χ1n) is 9.85. The van der Waals surface area contributed by atoms with Gasteiger partial charge in [0, 0.05) is 23.4 Å². The van der Waals surface area contributed by atoms with Crippen LogP contribution in [0.2, 0.25) is 0 Å². The smallest absolute Gasteiger partial charge is 0.154 e. The van der Waals surface area contributed by atoms with E-state index in [-0.39, 0.29) is 11.7 Å². The fourth-order valence-corrected chi connectivity index (χ4v) is 4.04. The molecule has 1 atom stereocenters. The van der Waals surface area contributed by atoms with Crippen LogP contribution >= 0.6 is 0 Å². The normalized spacial score (nSPS) is 17.9. The van der Waals surface area contributed by atoms with Gasteiger partial charge in [0.15, 0.2) is 5.82 Å². The molecule has 3 aromatic rings. The summed E-state index contributed by atoms with van der Waals surface area (Å²) in [5.41, 5.74) is 4.27. The Balaban J connectivity index is 1.55. The fourth-order valence-electron chi connectivity index (χ4n) is 4.04. The van der Waals surface area contributed by atoms with Gasteiger partial charge in [0.1, 0.15) is 11.7 Å². The van der Waals surface area contributed by atoms with Crippen molar-refractivity contribution in [3.63, 3.8) is 0 Å². The first kappa shape index (κ1) is 17.6. The molecule has 1 fully saturated rings. The Kier molecular flexibility index (Phi) is 4.33. The van der Waals surface area contributed by atoms with E-state index in [2.05, 4.69) is 27.8 Å². The van der Waals surface area contributed by atoms with Gasteiger partial charge in [0.25, 0.3) is 0 Å². The summed E-state index contributed by atoms with van der Waals surface area (Å²) in [4.78, 5) is 6.11. The summed E-state index contributed by atoms with van der Waals surface area (Å²) in [7, 11) is 0. The molecule has 3 heterocycles. The van der Waals surface area contributed by atoms with E-state index in [0.29, 0.717) is 17.5 Å². The maximum Gasteiger partial charge on any atom is 0.154 e. The third-order valence-corrected chi connectivity index (χ3v) is 5.56. The molecule has 5 rings (SSSR count). The zero-order valence-corrected chi connectivity index (χ0v) is 15.9. The van der Waals surface area contributed by atoms with Crippen LogP contribution in [0.1, 0.15) is 35.6 Å². The van der Waals surface area contributed by atoms with Gasteiger partial charge in [0.05, 0.1) is 11.4 Å². The molecule has 2 aliphatic heterocycles. The number of rotatable bonds is 2. The van der Waals surface area contributed by atoms with E-state index in [1.807, 2.05) is 48.5 Å². The minimum Gasteiger partial charge on any atom is -0.338 e. The van der Waals surface area contributed by atoms with Crippen molar-refractivity contribution in [1.29, 1.82) is 10.8 Å². The second kappa shape index (κ2) is 7.14. The number of amidine groups is 2. The minimum atomic E-state index is 0.256. The Hall–Kier alpha value is -3.51. The van der Waals surface area contributed by atoms with Gasteiger partial charge in [-0.1, -0.05) is 36.4 Å². The summed E-state index contributed by atoms with van der Waals surface area (Å²) in [6.45, 7) is 1.06. The number of para-hydroxylation sites is 1. The van der Waals surface area contributed by atoms with Gasteiger partial charge in [-0.3, -0.25) is 15.7 Å². The Bertz CT molecular complexity index is 1080. The van der Waals surface area contributed by atoms with Crippen LogP contribution in [0, 0.1) is 10.8 Å². The van der Waals surface area contributed by atoms with Gasteiger partial charge in [0.2, 0.25) is 0 Å². The predicted octanol–water partition coefficient (Wildman–Crippen LogP) is 4.42. The standard InChI is InChI=1S/C23H22N6/c24-21(16-11-9-15(10-12-16)18-7-3-13-26-18)29-20-8-4-14-27-23(20)28-19-6-2-1-5-17(19)22(29)25/h1-2,4-6,8-12,14,18,24-26H,3,7,13H2,(H,27,28). The summed E-state index contributed by atoms with van der Waals surface area (Å²) in [6.07, 6.45) is 4.06. The maximum absolute atomic E-state index is 8.92. The Morgan fingerprint density at radius 1 is 1.03 bits per heavy atom. The van der Waals surface area contributed by atoms with E-state index in [0.717, 1.165) is 29.8 Å². The Morgan fingerprint density at radius 2 is 1.86 bits per heavy atom. The van der Waals surface area contributed by atoms with Crippen molar-refractivity contribution in [1.82, 2.24) is 10.3 Å². The molecule has 1 unspecified atom stereocenters. The average Bonchev–Trinajstić information content (AvgIpc) is 3.26. The summed E-state index contributed by atoms with van der Waals surface area (Å²) in [5.74, 6) is 1.15. The molecule has 1 saturated heterocycles. The molecule has 0 amide bonds. The molecule has 0 saturated carbocycles. The maximum atomic E-state index is 8.92. The molecule has 4 N–H and O–H groups in total. The number of nitrogens with one attached hydrogen (secondary N) is 4. The highest BCUT2D eigenvalue weighted by atomic mass is 15.2. The molecule has 29 heavy (non-hydrogen) atoms. The molecule has 2 aliphatic rings. The zero-order chi connectivity index (χ0) is 19.8. The van der Waals surface area contributed by atoms with Crippen molar-refractivity contribution in [2.24, 2.45) is 0 Å². The van der Waals surface area contributed by atoms with E-state index in [1.165, 1.54) is 12.0 Å². The molecule has 6 heteroatoms. The third kappa shape index (κ3) is 3.07. The van der Waals surface area contributed by atoms with Crippen LogP contribution in [-0.4, -0.2) is 23.2 Å². The van der Waals surface area contributed by atoms with Crippen LogP contribution in [-0.2, 0) is 0 Å². The Morgan fingerprint density at radius 3 is 2.66 bits per heavy atom. The highest BCUT2D eigenvalue weighted by molar-refractivity contribution is 6.30. The first-order valence-corrected chi connectivity index (χ1v) is 9.85. The number of anilines is 3. The number of fused-ring (bicyclic) bond motifs is 2. The zero-order valence-electron chi connectivity index (χ0n) is 15.9. The Labute approximate surface area is 169 Å². The van der Waals surface area contributed by atoms with Crippen molar-refractivity contribution < 1.29 is 0 Å². The van der Waals surface area contributed by atoms with Gasteiger partial charge >= 0.3 is 0 Å². The van der Waals surface area contributed by atoms with Crippen molar-refractivity contribution in [2.45, 2.75) is 18.9 Å². The molecular formula is C23H22N6. The van der Waals surface area contributed by atoms with Gasteiger partial charge in [-0.15, -0.1) is 0 Å². The number of hydrogen-bond donors (Lipinski definition) is 4. The average molecular weight is 382 g/mol. The molecule has 1 aromatic heterocycles. The van der Waals surface area contributed by atoms with Crippen molar-refractivity contribution in [3.8, 4) is 0 Å². The lowest BCUT2D eigenvalue weighted by atomic mass is 10.0. The van der Waals surface area contributed by atoms with Crippen molar-refractivity contribution in [2.75, 3.05) is 16.8 Å². The van der Waals surface area contributed by atoms with Crippen molar-refractivity contribution in [3.05, 3.63) is 83.6 Å². The minimum absolute atomic E-state index is 0.256. The van der Waals surface area contributed by atoms with Crippen LogP contribution in [0.3, 0.4) is 0 Å². The molecule has 6 nitrogen and oxygen atoms in total. The van der Waals surface area contributed by atoms with E-state index < -0.39 is 0 Å².